The van der Waals surface area contributed by atoms with Crippen molar-refractivity contribution < 1.29 is 9.47 Å². The van der Waals surface area contributed by atoms with Gasteiger partial charge in [0.05, 0.1) is 12.7 Å². The summed E-state index contributed by atoms with van der Waals surface area (Å²) in [6.07, 6.45) is 0.125. The lowest BCUT2D eigenvalue weighted by molar-refractivity contribution is -0.0402. The number of nitrogens with zero attached hydrogens (tertiary/aromatic N) is 1. The van der Waals surface area contributed by atoms with Crippen molar-refractivity contribution in [2.45, 2.75) is 19.1 Å². The van der Waals surface area contributed by atoms with Crippen LogP contribution >= 0.6 is 11.6 Å². The highest BCUT2D eigenvalue weighted by molar-refractivity contribution is 6.30. The summed E-state index contributed by atoms with van der Waals surface area (Å²) >= 11 is 5.91. The molecule has 1 fully saturated rings. The van der Waals surface area contributed by atoms with Gasteiger partial charge in [0.25, 0.3) is 0 Å². The Hall–Kier alpha value is -0.810. The van der Waals surface area contributed by atoms with Gasteiger partial charge in [-0.1, -0.05) is 17.7 Å². The highest BCUT2D eigenvalue weighted by atomic mass is 35.5. The summed E-state index contributed by atoms with van der Waals surface area (Å²) in [6, 6.07) is 7.53. The fourth-order valence-corrected chi connectivity index (χ4v) is 2.28. The Kier molecular flexibility index (Phi) is 5.45. The molecule has 106 valence electrons. The number of halogens is 1. The first kappa shape index (κ1) is 14.6. The van der Waals surface area contributed by atoms with E-state index in [1.807, 2.05) is 31.2 Å². The fraction of sp³-hybridized carbons (Fsp3) is 0.571. The Labute approximate surface area is 119 Å². The van der Waals surface area contributed by atoms with Crippen LogP contribution in [0.15, 0.2) is 24.3 Å². The fourth-order valence-electron chi connectivity index (χ4n) is 2.10. The van der Waals surface area contributed by atoms with E-state index in [1.54, 1.807) is 0 Å². The first-order chi connectivity index (χ1) is 9.15. The van der Waals surface area contributed by atoms with Crippen LogP contribution in [0.2, 0.25) is 5.02 Å². The highest BCUT2D eigenvalue weighted by Gasteiger charge is 2.22. The van der Waals surface area contributed by atoms with E-state index in [1.165, 1.54) is 0 Å². The maximum absolute atomic E-state index is 5.91. The Morgan fingerprint density at radius 1 is 1.58 bits per heavy atom. The Morgan fingerprint density at radius 2 is 2.42 bits per heavy atom. The van der Waals surface area contributed by atoms with Crippen LogP contribution in [0.1, 0.15) is 6.92 Å². The van der Waals surface area contributed by atoms with E-state index in [2.05, 4.69) is 4.90 Å². The summed E-state index contributed by atoms with van der Waals surface area (Å²) in [5.41, 5.74) is 5.87. The van der Waals surface area contributed by atoms with Gasteiger partial charge in [-0.05, 0) is 25.1 Å². The van der Waals surface area contributed by atoms with Gasteiger partial charge in [0.15, 0.2) is 0 Å². The summed E-state index contributed by atoms with van der Waals surface area (Å²) in [5, 5.41) is 0.695. The lowest BCUT2D eigenvalue weighted by Crippen LogP contribution is -2.50. The van der Waals surface area contributed by atoms with Crippen LogP contribution in [-0.4, -0.2) is 49.9 Å². The molecule has 5 heteroatoms. The van der Waals surface area contributed by atoms with Gasteiger partial charge in [0, 0.05) is 30.7 Å². The van der Waals surface area contributed by atoms with E-state index >= 15 is 0 Å². The second-order valence-electron chi connectivity index (χ2n) is 4.87. The van der Waals surface area contributed by atoms with Gasteiger partial charge in [-0.15, -0.1) is 0 Å². The van der Waals surface area contributed by atoms with Crippen LogP contribution in [0, 0.1) is 0 Å². The highest BCUT2D eigenvalue weighted by Crippen LogP contribution is 2.17. The number of rotatable bonds is 5. The van der Waals surface area contributed by atoms with Crippen molar-refractivity contribution in [1.82, 2.24) is 4.90 Å². The van der Waals surface area contributed by atoms with Crippen molar-refractivity contribution in [1.29, 1.82) is 0 Å². The van der Waals surface area contributed by atoms with Crippen LogP contribution in [0.25, 0.3) is 0 Å². The minimum Gasteiger partial charge on any atom is -0.492 e. The van der Waals surface area contributed by atoms with Crippen molar-refractivity contribution >= 4 is 11.6 Å². The molecular weight excluding hydrogens is 264 g/mol. The van der Waals surface area contributed by atoms with Gasteiger partial charge in [-0.3, -0.25) is 4.90 Å². The van der Waals surface area contributed by atoms with E-state index in [0.29, 0.717) is 11.6 Å². The predicted octanol–water partition coefficient (Wildman–Crippen LogP) is 1.77. The quantitative estimate of drug-likeness (QED) is 0.895. The molecular formula is C14H21ClN2O2. The smallest absolute Gasteiger partial charge is 0.120 e. The molecule has 0 aliphatic carbocycles. The molecule has 1 saturated heterocycles. The standard InChI is InChI=1S/C14H21ClN2O2/c1-11(16)14-10-17(6-8-19-14)5-7-18-13-4-2-3-12(15)9-13/h2-4,9,11,14H,5-8,10,16H2,1H3. The van der Waals surface area contributed by atoms with Crippen molar-refractivity contribution in [3.05, 3.63) is 29.3 Å². The predicted molar refractivity (Wildman–Crippen MR) is 76.8 cm³/mol. The average molecular weight is 285 g/mol. The molecule has 4 nitrogen and oxygen atoms in total. The van der Waals surface area contributed by atoms with Gasteiger partial charge < -0.3 is 15.2 Å². The Morgan fingerprint density at radius 3 is 3.16 bits per heavy atom. The number of morpholine rings is 1. The monoisotopic (exact) mass is 284 g/mol. The molecule has 2 N–H and O–H groups in total. The molecule has 1 aromatic rings. The SMILES string of the molecule is CC(N)C1CN(CCOc2cccc(Cl)c2)CCO1. The third-order valence-electron chi connectivity index (χ3n) is 3.24. The van der Waals surface area contributed by atoms with E-state index in [-0.39, 0.29) is 12.1 Å². The maximum Gasteiger partial charge on any atom is 0.120 e. The van der Waals surface area contributed by atoms with Gasteiger partial charge in [-0.2, -0.15) is 0 Å². The molecule has 1 aliphatic rings. The summed E-state index contributed by atoms with van der Waals surface area (Å²) in [5.74, 6) is 0.810. The number of nitrogens with two attached hydrogens (primary N) is 1. The molecule has 0 aromatic heterocycles. The first-order valence-corrected chi connectivity index (χ1v) is 7.01. The van der Waals surface area contributed by atoms with Crippen LogP contribution in [0.3, 0.4) is 0 Å². The third kappa shape index (κ3) is 4.66. The molecule has 2 atom stereocenters. The van der Waals surface area contributed by atoms with Crippen molar-refractivity contribution in [3.8, 4) is 5.75 Å². The topological polar surface area (TPSA) is 47.7 Å². The van der Waals surface area contributed by atoms with Crippen LogP contribution in [0.5, 0.6) is 5.75 Å². The number of benzene rings is 1. The Balaban J connectivity index is 1.73. The summed E-state index contributed by atoms with van der Waals surface area (Å²) in [7, 11) is 0. The summed E-state index contributed by atoms with van der Waals surface area (Å²) in [4.78, 5) is 2.32. The molecule has 2 unspecified atom stereocenters. The lowest BCUT2D eigenvalue weighted by Gasteiger charge is -2.34. The van der Waals surface area contributed by atoms with Crippen LogP contribution in [-0.2, 0) is 4.74 Å². The van der Waals surface area contributed by atoms with E-state index in [0.717, 1.165) is 32.0 Å². The third-order valence-corrected chi connectivity index (χ3v) is 3.47. The van der Waals surface area contributed by atoms with Crippen LogP contribution < -0.4 is 10.5 Å². The first-order valence-electron chi connectivity index (χ1n) is 6.63. The second kappa shape index (κ2) is 7.10. The van der Waals surface area contributed by atoms with E-state index < -0.39 is 0 Å². The number of hydrogen-bond acceptors (Lipinski definition) is 4. The average Bonchev–Trinajstić information content (AvgIpc) is 2.39. The van der Waals surface area contributed by atoms with Crippen LogP contribution in [0.4, 0.5) is 0 Å². The largest absolute Gasteiger partial charge is 0.492 e. The van der Waals surface area contributed by atoms with Gasteiger partial charge in [0.1, 0.15) is 12.4 Å². The molecule has 1 aromatic carbocycles. The number of ether oxygens (including phenoxy) is 2. The summed E-state index contributed by atoms with van der Waals surface area (Å²) in [6.45, 7) is 6.05. The minimum atomic E-state index is 0.0663. The van der Waals surface area contributed by atoms with Crippen molar-refractivity contribution in [3.63, 3.8) is 0 Å². The number of hydrogen-bond donors (Lipinski definition) is 1. The second-order valence-corrected chi connectivity index (χ2v) is 5.31. The van der Waals surface area contributed by atoms with Crippen molar-refractivity contribution in [2.24, 2.45) is 5.73 Å². The molecule has 0 amide bonds. The molecule has 0 spiro atoms. The summed E-state index contributed by atoms with van der Waals surface area (Å²) < 4.78 is 11.3. The molecule has 1 aliphatic heterocycles. The zero-order valence-electron chi connectivity index (χ0n) is 11.2. The van der Waals surface area contributed by atoms with E-state index in [4.69, 9.17) is 26.8 Å². The molecule has 0 radical (unpaired) electrons. The zero-order chi connectivity index (χ0) is 13.7. The van der Waals surface area contributed by atoms with Gasteiger partial charge in [0.2, 0.25) is 0 Å². The molecule has 0 saturated carbocycles. The Bertz CT molecular complexity index is 401. The lowest BCUT2D eigenvalue weighted by atomic mass is 10.1. The zero-order valence-corrected chi connectivity index (χ0v) is 12.0. The molecule has 2 rings (SSSR count). The molecule has 0 bridgehead atoms. The van der Waals surface area contributed by atoms with Crippen molar-refractivity contribution in [2.75, 3.05) is 32.8 Å². The minimum absolute atomic E-state index is 0.0663. The molecule has 1 heterocycles. The van der Waals surface area contributed by atoms with Gasteiger partial charge in [-0.25, -0.2) is 0 Å². The normalized spacial score (nSPS) is 22.2. The maximum atomic E-state index is 5.91. The van der Waals surface area contributed by atoms with E-state index in [9.17, 15) is 0 Å². The van der Waals surface area contributed by atoms with Gasteiger partial charge >= 0.3 is 0 Å². The molecule has 19 heavy (non-hydrogen) atoms.